The molecule has 2 atom stereocenters. The van der Waals surface area contributed by atoms with E-state index in [1.807, 2.05) is 6.92 Å². The normalized spacial score (nSPS) is 21.0. The Bertz CT molecular complexity index is 855. The van der Waals surface area contributed by atoms with Crippen molar-refractivity contribution >= 4 is 11.9 Å². The fourth-order valence-electron chi connectivity index (χ4n) is 3.18. The molecule has 1 unspecified atom stereocenters. The van der Waals surface area contributed by atoms with Crippen LogP contribution < -0.4 is 5.73 Å². The Balaban J connectivity index is 2.18. The van der Waals surface area contributed by atoms with Gasteiger partial charge in [0.25, 0.3) is 5.91 Å². The molecule has 3 rings (SSSR count). The minimum absolute atomic E-state index is 0.0593. The quantitative estimate of drug-likeness (QED) is 0.730. The van der Waals surface area contributed by atoms with E-state index in [0.29, 0.717) is 5.56 Å². The first-order chi connectivity index (χ1) is 12.4. The largest absolute Gasteiger partial charge is 0.508 e. The maximum Gasteiger partial charge on any atom is 0.261 e. The minimum atomic E-state index is -1.38. The fourth-order valence-corrected chi connectivity index (χ4v) is 3.18. The number of aliphatic hydroxyl groups is 1. The molecule has 2 aromatic rings. The van der Waals surface area contributed by atoms with Gasteiger partial charge >= 0.3 is 0 Å². The SMILES string of the molecule is C[C@@H](CO)CC1(c2cc(-c3cncnc3)ccc2O)N=C(N)N(C)C1=O. The van der Waals surface area contributed by atoms with Crippen LogP contribution >= 0.6 is 0 Å². The summed E-state index contributed by atoms with van der Waals surface area (Å²) in [5.74, 6) is -0.541. The van der Waals surface area contributed by atoms with Crippen molar-refractivity contribution in [2.75, 3.05) is 13.7 Å². The first kappa shape index (κ1) is 17.8. The molecule has 0 saturated heterocycles. The second-order valence-corrected chi connectivity index (χ2v) is 6.55. The Morgan fingerprint density at radius 1 is 1.27 bits per heavy atom. The highest BCUT2D eigenvalue weighted by Gasteiger charge is 2.50. The van der Waals surface area contributed by atoms with E-state index in [9.17, 15) is 15.0 Å². The summed E-state index contributed by atoms with van der Waals surface area (Å²) in [6.45, 7) is 1.70. The molecule has 0 fully saturated rings. The number of hydrogen-bond acceptors (Lipinski definition) is 7. The molecule has 1 aliphatic rings. The number of phenolic OH excluding ortho intramolecular Hbond substituents is 1. The van der Waals surface area contributed by atoms with Crippen molar-refractivity contribution < 1.29 is 15.0 Å². The molecule has 8 nitrogen and oxygen atoms in total. The Kier molecular flexibility index (Phi) is 4.60. The van der Waals surface area contributed by atoms with Crippen LogP contribution in [0.5, 0.6) is 5.75 Å². The monoisotopic (exact) mass is 355 g/mol. The molecule has 4 N–H and O–H groups in total. The van der Waals surface area contributed by atoms with E-state index in [-0.39, 0.29) is 36.6 Å². The van der Waals surface area contributed by atoms with E-state index in [2.05, 4.69) is 15.0 Å². The van der Waals surface area contributed by atoms with Gasteiger partial charge in [0.05, 0.1) is 0 Å². The standard InChI is InChI=1S/C18H21N5O3/c1-11(9-24)6-18(16(26)23(2)17(19)22-18)14-5-12(3-4-15(14)25)13-7-20-10-21-8-13/h3-5,7-8,10-11,24-25H,6,9H2,1-2H3,(H2,19,22)/t11-,18?/m1/s1. The number of carbonyl (C=O) groups excluding carboxylic acids is 1. The maximum absolute atomic E-state index is 13.0. The number of amides is 1. The Labute approximate surface area is 151 Å². The number of carbonyl (C=O) groups is 1. The highest BCUT2D eigenvalue weighted by Crippen LogP contribution is 2.43. The average Bonchev–Trinajstić information content (AvgIpc) is 2.87. The third-order valence-electron chi connectivity index (χ3n) is 4.60. The topological polar surface area (TPSA) is 125 Å². The lowest BCUT2D eigenvalue weighted by molar-refractivity contribution is -0.131. The minimum Gasteiger partial charge on any atom is -0.508 e. The van der Waals surface area contributed by atoms with Gasteiger partial charge in [-0.1, -0.05) is 13.0 Å². The van der Waals surface area contributed by atoms with Crippen molar-refractivity contribution in [1.82, 2.24) is 14.9 Å². The second-order valence-electron chi connectivity index (χ2n) is 6.55. The Morgan fingerprint density at radius 2 is 1.96 bits per heavy atom. The molecule has 0 spiro atoms. The Hall–Kier alpha value is -3.00. The highest BCUT2D eigenvalue weighted by molar-refractivity contribution is 6.07. The fraction of sp³-hybridized carbons (Fsp3) is 0.333. The van der Waals surface area contributed by atoms with Gasteiger partial charge in [-0.25, -0.2) is 15.0 Å². The van der Waals surface area contributed by atoms with Gasteiger partial charge < -0.3 is 15.9 Å². The average molecular weight is 355 g/mol. The number of rotatable bonds is 5. The molecule has 1 aromatic heterocycles. The van der Waals surface area contributed by atoms with Crippen molar-refractivity contribution in [2.45, 2.75) is 18.9 Å². The summed E-state index contributed by atoms with van der Waals surface area (Å²) in [5.41, 5.74) is 6.34. The second kappa shape index (κ2) is 6.72. The number of aliphatic hydroxyl groups excluding tert-OH is 1. The molecule has 1 aromatic carbocycles. The van der Waals surface area contributed by atoms with Crippen molar-refractivity contribution in [3.8, 4) is 16.9 Å². The third-order valence-corrected chi connectivity index (χ3v) is 4.60. The third kappa shape index (κ3) is 2.88. The van der Waals surface area contributed by atoms with Crippen LogP contribution in [0.2, 0.25) is 0 Å². The summed E-state index contributed by atoms with van der Waals surface area (Å²) < 4.78 is 0. The summed E-state index contributed by atoms with van der Waals surface area (Å²) in [5, 5.41) is 20.0. The molecular weight excluding hydrogens is 334 g/mol. The van der Waals surface area contributed by atoms with Crippen LogP contribution in [0.3, 0.4) is 0 Å². The number of hydrogen-bond donors (Lipinski definition) is 3. The molecule has 0 aliphatic carbocycles. The summed E-state index contributed by atoms with van der Waals surface area (Å²) in [4.78, 5) is 26.7. The summed E-state index contributed by atoms with van der Waals surface area (Å²) >= 11 is 0. The number of nitrogens with two attached hydrogens (primary N) is 1. The molecular formula is C18H21N5O3. The van der Waals surface area contributed by atoms with Crippen LogP contribution in [-0.4, -0.2) is 50.6 Å². The predicted octanol–water partition coefficient (Wildman–Crippen LogP) is 0.850. The zero-order valence-electron chi connectivity index (χ0n) is 14.6. The van der Waals surface area contributed by atoms with Crippen molar-refractivity contribution in [3.63, 3.8) is 0 Å². The number of aliphatic imine (C=N–C) groups is 1. The summed E-state index contributed by atoms with van der Waals surface area (Å²) in [6.07, 6.45) is 4.93. The van der Waals surface area contributed by atoms with E-state index < -0.39 is 5.54 Å². The van der Waals surface area contributed by atoms with Gasteiger partial charge in [-0.2, -0.15) is 0 Å². The number of likely N-dealkylation sites (N-methyl/N-ethyl adjacent to an activating group) is 1. The molecule has 2 heterocycles. The van der Waals surface area contributed by atoms with Crippen LogP contribution in [0.1, 0.15) is 18.9 Å². The van der Waals surface area contributed by atoms with Gasteiger partial charge in [-0.05, 0) is 30.0 Å². The number of benzene rings is 1. The lowest BCUT2D eigenvalue weighted by Gasteiger charge is -2.28. The molecule has 8 heteroatoms. The molecule has 0 bridgehead atoms. The summed E-state index contributed by atoms with van der Waals surface area (Å²) in [6, 6.07) is 4.93. The van der Waals surface area contributed by atoms with E-state index in [1.54, 1.807) is 31.6 Å². The predicted molar refractivity (Wildman–Crippen MR) is 96.1 cm³/mol. The van der Waals surface area contributed by atoms with Gasteiger partial charge in [0.2, 0.25) is 0 Å². The lowest BCUT2D eigenvalue weighted by atomic mass is 9.80. The number of guanidine groups is 1. The first-order valence-corrected chi connectivity index (χ1v) is 8.22. The number of aromatic nitrogens is 2. The Morgan fingerprint density at radius 3 is 2.54 bits per heavy atom. The number of nitrogens with zero attached hydrogens (tertiary/aromatic N) is 4. The van der Waals surface area contributed by atoms with E-state index in [4.69, 9.17) is 5.73 Å². The molecule has 1 aliphatic heterocycles. The van der Waals surface area contributed by atoms with Gasteiger partial charge in [-0.15, -0.1) is 0 Å². The van der Waals surface area contributed by atoms with Crippen molar-refractivity contribution in [1.29, 1.82) is 0 Å². The van der Waals surface area contributed by atoms with Gasteiger partial charge in [-0.3, -0.25) is 9.69 Å². The summed E-state index contributed by atoms with van der Waals surface area (Å²) in [7, 11) is 1.54. The van der Waals surface area contributed by atoms with Gasteiger partial charge in [0.1, 0.15) is 12.1 Å². The van der Waals surface area contributed by atoms with Crippen molar-refractivity contribution in [2.24, 2.45) is 16.6 Å². The van der Waals surface area contributed by atoms with E-state index in [1.165, 1.54) is 17.3 Å². The van der Waals surface area contributed by atoms with Gasteiger partial charge in [0.15, 0.2) is 11.5 Å². The zero-order valence-corrected chi connectivity index (χ0v) is 14.6. The maximum atomic E-state index is 13.0. The van der Waals surface area contributed by atoms with Gasteiger partial charge in [0, 0.05) is 37.2 Å². The zero-order chi connectivity index (χ0) is 18.9. The lowest BCUT2D eigenvalue weighted by Crippen LogP contribution is -2.41. The van der Waals surface area contributed by atoms with E-state index >= 15 is 0 Å². The molecule has 0 saturated carbocycles. The van der Waals surface area contributed by atoms with Crippen molar-refractivity contribution in [3.05, 3.63) is 42.5 Å². The van der Waals surface area contributed by atoms with Crippen LogP contribution in [0.15, 0.2) is 41.9 Å². The van der Waals surface area contributed by atoms with Crippen LogP contribution in [0, 0.1) is 5.92 Å². The van der Waals surface area contributed by atoms with Crippen LogP contribution in [-0.2, 0) is 10.3 Å². The first-order valence-electron chi connectivity index (χ1n) is 8.22. The smallest absolute Gasteiger partial charge is 0.261 e. The van der Waals surface area contributed by atoms with Crippen LogP contribution in [0.4, 0.5) is 0 Å². The van der Waals surface area contributed by atoms with E-state index in [0.717, 1.165) is 11.1 Å². The highest BCUT2D eigenvalue weighted by atomic mass is 16.3. The molecule has 26 heavy (non-hydrogen) atoms. The van der Waals surface area contributed by atoms with Crippen LogP contribution in [0.25, 0.3) is 11.1 Å². The number of aromatic hydroxyl groups is 1. The number of phenols is 1. The molecule has 0 radical (unpaired) electrons. The molecule has 1 amide bonds. The molecule has 136 valence electrons.